The van der Waals surface area contributed by atoms with Crippen molar-refractivity contribution in [2.24, 2.45) is 0 Å². The van der Waals surface area contributed by atoms with Crippen molar-refractivity contribution < 1.29 is 13.6 Å². The molecule has 2 aromatic carbocycles. The van der Waals surface area contributed by atoms with E-state index in [0.29, 0.717) is 11.6 Å². The Labute approximate surface area is 120 Å². The first-order valence-electron chi connectivity index (χ1n) is 6.24. The van der Waals surface area contributed by atoms with Crippen LogP contribution in [0.5, 0.6) is 0 Å². The molecule has 3 nitrogen and oxygen atoms in total. The average molecular weight is 286 g/mol. The number of aryl methyl sites for hydroxylation is 1. The fourth-order valence-corrected chi connectivity index (χ4v) is 1.88. The molecule has 1 unspecified atom stereocenters. The van der Waals surface area contributed by atoms with Gasteiger partial charge in [0.1, 0.15) is 17.7 Å². The smallest absolute Gasteiger partial charge is 0.255 e. The molecule has 0 radical (unpaired) electrons. The van der Waals surface area contributed by atoms with E-state index < -0.39 is 23.6 Å². The summed E-state index contributed by atoms with van der Waals surface area (Å²) >= 11 is 0. The van der Waals surface area contributed by atoms with E-state index in [9.17, 15) is 13.6 Å². The maximum atomic E-state index is 13.7. The van der Waals surface area contributed by atoms with Crippen LogP contribution in [0.25, 0.3) is 0 Å². The van der Waals surface area contributed by atoms with Gasteiger partial charge in [0.2, 0.25) is 0 Å². The van der Waals surface area contributed by atoms with Crippen molar-refractivity contribution in [3.63, 3.8) is 0 Å². The van der Waals surface area contributed by atoms with E-state index >= 15 is 0 Å². The molecule has 0 bridgehead atoms. The minimum atomic E-state index is -0.958. The molecular weight excluding hydrogens is 274 g/mol. The first-order valence-corrected chi connectivity index (χ1v) is 6.24. The first kappa shape index (κ1) is 14.7. The second kappa shape index (κ2) is 6.14. The zero-order chi connectivity index (χ0) is 15.4. The van der Waals surface area contributed by atoms with Crippen LogP contribution >= 0.6 is 0 Å². The lowest BCUT2D eigenvalue weighted by Gasteiger charge is -2.13. The highest BCUT2D eigenvalue weighted by molar-refractivity contribution is 5.95. The maximum Gasteiger partial charge on any atom is 0.255 e. The zero-order valence-electron chi connectivity index (χ0n) is 11.2. The van der Waals surface area contributed by atoms with E-state index in [4.69, 9.17) is 5.26 Å². The summed E-state index contributed by atoms with van der Waals surface area (Å²) in [7, 11) is 0. The molecule has 0 aliphatic rings. The van der Waals surface area contributed by atoms with Crippen LogP contribution in [0.1, 0.15) is 27.5 Å². The molecule has 106 valence electrons. The van der Waals surface area contributed by atoms with Crippen molar-refractivity contribution in [3.8, 4) is 6.07 Å². The van der Waals surface area contributed by atoms with Crippen molar-refractivity contribution in [2.45, 2.75) is 13.0 Å². The average Bonchev–Trinajstić information content (AvgIpc) is 2.49. The van der Waals surface area contributed by atoms with Gasteiger partial charge in [-0.1, -0.05) is 30.3 Å². The number of benzene rings is 2. The van der Waals surface area contributed by atoms with Crippen LogP contribution in [0.2, 0.25) is 0 Å². The monoisotopic (exact) mass is 286 g/mol. The summed E-state index contributed by atoms with van der Waals surface area (Å²) in [4.78, 5) is 12.0. The predicted molar refractivity (Wildman–Crippen MR) is 73.4 cm³/mol. The van der Waals surface area contributed by atoms with Gasteiger partial charge >= 0.3 is 0 Å². The molecule has 1 N–H and O–H groups in total. The number of rotatable bonds is 3. The van der Waals surface area contributed by atoms with Gasteiger partial charge < -0.3 is 5.32 Å². The maximum absolute atomic E-state index is 13.7. The predicted octanol–water partition coefficient (Wildman–Crippen LogP) is 3.27. The Bertz CT molecular complexity index is 708. The normalized spacial score (nSPS) is 11.5. The summed E-state index contributed by atoms with van der Waals surface area (Å²) < 4.78 is 26.8. The van der Waals surface area contributed by atoms with E-state index in [0.717, 1.165) is 6.07 Å². The van der Waals surface area contributed by atoms with Crippen molar-refractivity contribution in [1.29, 1.82) is 5.26 Å². The Balaban J connectivity index is 2.25. The molecule has 0 aliphatic heterocycles. The molecule has 2 aromatic rings. The zero-order valence-corrected chi connectivity index (χ0v) is 11.2. The van der Waals surface area contributed by atoms with Crippen LogP contribution < -0.4 is 5.32 Å². The fourth-order valence-electron chi connectivity index (χ4n) is 1.88. The van der Waals surface area contributed by atoms with Crippen LogP contribution in [-0.2, 0) is 0 Å². The van der Waals surface area contributed by atoms with Gasteiger partial charge in [-0.3, -0.25) is 4.79 Å². The Morgan fingerprint density at radius 3 is 2.48 bits per heavy atom. The van der Waals surface area contributed by atoms with Crippen molar-refractivity contribution in [2.75, 3.05) is 0 Å². The van der Waals surface area contributed by atoms with E-state index in [1.807, 2.05) is 6.07 Å². The Kier molecular flexibility index (Phi) is 4.29. The molecule has 0 aromatic heterocycles. The quantitative estimate of drug-likeness (QED) is 0.941. The van der Waals surface area contributed by atoms with Gasteiger partial charge in [-0.15, -0.1) is 0 Å². The summed E-state index contributed by atoms with van der Waals surface area (Å²) in [6.45, 7) is 1.44. The summed E-state index contributed by atoms with van der Waals surface area (Å²) in [6, 6.07) is 11.4. The third kappa shape index (κ3) is 3.23. The van der Waals surface area contributed by atoms with Crippen LogP contribution in [0.4, 0.5) is 8.78 Å². The number of carbonyl (C=O) groups is 1. The number of hydrogen-bond donors (Lipinski definition) is 1. The number of nitriles is 1. The van der Waals surface area contributed by atoms with Crippen LogP contribution in [-0.4, -0.2) is 5.91 Å². The molecule has 0 spiro atoms. The summed E-state index contributed by atoms with van der Waals surface area (Å²) in [5, 5.41) is 11.5. The summed E-state index contributed by atoms with van der Waals surface area (Å²) in [5.41, 5.74) is 0.465. The number of halogens is 2. The molecule has 0 fully saturated rings. The topological polar surface area (TPSA) is 52.9 Å². The number of carbonyl (C=O) groups excluding carboxylic acids is 1. The molecule has 2 rings (SSSR count). The highest BCUT2D eigenvalue weighted by Crippen LogP contribution is 2.17. The van der Waals surface area contributed by atoms with E-state index in [1.54, 1.807) is 30.3 Å². The highest BCUT2D eigenvalue weighted by atomic mass is 19.1. The van der Waals surface area contributed by atoms with Crippen LogP contribution in [0.15, 0.2) is 42.5 Å². The minimum absolute atomic E-state index is 0.162. The highest BCUT2D eigenvalue weighted by Gasteiger charge is 2.19. The lowest BCUT2D eigenvalue weighted by atomic mass is 10.1. The van der Waals surface area contributed by atoms with Crippen molar-refractivity contribution >= 4 is 5.91 Å². The minimum Gasteiger partial charge on any atom is -0.332 e. The number of nitrogens with zero attached hydrogens (tertiary/aromatic N) is 1. The van der Waals surface area contributed by atoms with E-state index in [2.05, 4.69) is 5.32 Å². The fraction of sp³-hybridized carbons (Fsp3) is 0.125. The number of amides is 1. The SMILES string of the molecule is Cc1cc(C(=O)NC(C#N)c2ccccc2)c(F)cc1F. The number of nitrogens with one attached hydrogen (secondary N) is 1. The Morgan fingerprint density at radius 2 is 1.86 bits per heavy atom. The van der Waals surface area contributed by atoms with Gasteiger partial charge in [0.15, 0.2) is 0 Å². The summed E-state index contributed by atoms with van der Waals surface area (Å²) in [5.74, 6) is -2.43. The lowest BCUT2D eigenvalue weighted by molar-refractivity contribution is 0.0941. The molecule has 0 saturated carbocycles. The summed E-state index contributed by atoms with van der Waals surface area (Å²) in [6.07, 6.45) is 0. The molecule has 5 heteroatoms. The molecular formula is C16H12F2N2O. The second-order valence-electron chi connectivity index (χ2n) is 4.53. The van der Waals surface area contributed by atoms with E-state index in [-0.39, 0.29) is 11.1 Å². The van der Waals surface area contributed by atoms with Gasteiger partial charge in [0.05, 0.1) is 11.6 Å². The van der Waals surface area contributed by atoms with Crippen molar-refractivity contribution in [1.82, 2.24) is 5.32 Å². The molecule has 1 amide bonds. The van der Waals surface area contributed by atoms with Crippen molar-refractivity contribution in [3.05, 3.63) is 70.8 Å². The largest absolute Gasteiger partial charge is 0.332 e. The Hall–Kier alpha value is -2.74. The molecule has 21 heavy (non-hydrogen) atoms. The van der Waals surface area contributed by atoms with E-state index in [1.165, 1.54) is 6.92 Å². The molecule has 0 heterocycles. The molecule has 1 atom stereocenters. The first-order chi connectivity index (χ1) is 10.0. The van der Waals surface area contributed by atoms with Gasteiger partial charge in [0, 0.05) is 6.07 Å². The third-order valence-corrected chi connectivity index (χ3v) is 3.03. The Morgan fingerprint density at radius 1 is 1.19 bits per heavy atom. The number of hydrogen-bond acceptors (Lipinski definition) is 2. The lowest BCUT2D eigenvalue weighted by Crippen LogP contribution is -2.28. The van der Waals surface area contributed by atoms with Crippen LogP contribution in [0.3, 0.4) is 0 Å². The molecule has 0 saturated heterocycles. The second-order valence-corrected chi connectivity index (χ2v) is 4.53. The molecule has 0 aliphatic carbocycles. The van der Waals surface area contributed by atoms with Gasteiger partial charge in [-0.2, -0.15) is 5.26 Å². The standard InChI is InChI=1S/C16H12F2N2O/c1-10-7-12(14(18)8-13(10)17)16(21)20-15(9-19)11-5-3-2-4-6-11/h2-8,15H,1H3,(H,20,21). The van der Waals surface area contributed by atoms with Gasteiger partial charge in [-0.25, -0.2) is 8.78 Å². The van der Waals surface area contributed by atoms with Gasteiger partial charge in [-0.05, 0) is 24.1 Å². The third-order valence-electron chi connectivity index (χ3n) is 3.03. The van der Waals surface area contributed by atoms with Crippen LogP contribution in [0, 0.1) is 29.9 Å². The van der Waals surface area contributed by atoms with Gasteiger partial charge in [0.25, 0.3) is 5.91 Å².